The van der Waals surface area contributed by atoms with E-state index >= 15 is 0 Å². The molecule has 3 heterocycles. The molecule has 1 amide bonds. The molecule has 0 saturated heterocycles. The molecule has 0 aliphatic rings. The highest BCUT2D eigenvalue weighted by molar-refractivity contribution is 9.11. The normalized spacial score (nSPS) is 11.5. The minimum absolute atomic E-state index is 0.153. The van der Waals surface area contributed by atoms with E-state index in [1.54, 1.807) is 0 Å². The number of nitrogens with one attached hydrogen (secondary N) is 1. The molecular formula is C19H20BrN3O4S2. The number of amides is 1. The summed E-state index contributed by atoms with van der Waals surface area (Å²) < 4.78 is 11.9. The summed E-state index contributed by atoms with van der Waals surface area (Å²) in [6.07, 6.45) is 0. The fourth-order valence-electron chi connectivity index (χ4n) is 2.29. The highest BCUT2D eigenvalue weighted by atomic mass is 79.9. The van der Waals surface area contributed by atoms with Crippen molar-refractivity contribution in [3.05, 3.63) is 37.8 Å². The largest absolute Gasteiger partial charge is 0.452 e. The third kappa shape index (κ3) is 4.93. The van der Waals surface area contributed by atoms with Crippen LogP contribution in [0.4, 0.5) is 5.00 Å². The Morgan fingerprint density at radius 3 is 2.55 bits per heavy atom. The second kappa shape index (κ2) is 8.37. The van der Waals surface area contributed by atoms with Crippen molar-refractivity contribution >= 4 is 55.5 Å². The van der Waals surface area contributed by atoms with Crippen molar-refractivity contribution in [2.24, 2.45) is 5.41 Å². The Labute approximate surface area is 184 Å². The number of nitrogens with zero attached hydrogens (tertiary/aromatic N) is 2. The molecule has 0 atom stereocenters. The summed E-state index contributed by atoms with van der Waals surface area (Å²) in [5.41, 5.74) is 0.551. The van der Waals surface area contributed by atoms with Gasteiger partial charge < -0.3 is 14.5 Å². The van der Waals surface area contributed by atoms with E-state index in [1.165, 1.54) is 22.7 Å². The number of anilines is 1. The van der Waals surface area contributed by atoms with E-state index in [1.807, 2.05) is 46.8 Å². The lowest BCUT2D eigenvalue weighted by molar-refractivity contribution is -0.123. The molecule has 3 aromatic heterocycles. The van der Waals surface area contributed by atoms with Crippen LogP contribution in [-0.2, 0) is 16.1 Å². The maximum absolute atomic E-state index is 12.7. The number of esters is 1. The third-order valence-electron chi connectivity index (χ3n) is 4.08. The fourth-order valence-corrected chi connectivity index (χ4v) is 4.64. The SMILES string of the molecule is Cc1sc(NC(=O)C(C)(C)C)c(C(=O)OCc2nnc(-c3ccc(Br)s3)o2)c1C. The number of hydrogen-bond acceptors (Lipinski definition) is 8. The number of rotatable bonds is 5. The topological polar surface area (TPSA) is 94.3 Å². The van der Waals surface area contributed by atoms with Crippen LogP contribution in [0.15, 0.2) is 20.3 Å². The first-order valence-electron chi connectivity index (χ1n) is 8.73. The predicted molar refractivity (Wildman–Crippen MR) is 116 cm³/mol. The summed E-state index contributed by atoms with van der Waals surface area (Å²) in [5.74, 6) is -0.152. The average Bonchev–Trinajstić information content (AvgIpc) is 3.33. The van der Waals surface area contributed by atoms with E-state index in [4.69, 9.17) is 9.15 Å². The maximum atomic E-state index is 12.7. The molecule has 0 fully saturated rings. The van der Waals surface area contributed by atoms with Crippen molar-refractivity contribution in [1.29, 1.82) is 0 Å². The van der Waals surface area contributed by atoms with Gasteiger partial charge in [0.05, 0.1) is 14.2 Å². The van der Waals surface area contributed by atoms with Gasteiger partial charge in [-0.25, -0.2) is 4.79 Å². The van der Waals surface area contributed by atoms with Gasteiger partial charge in [-0.1, -0.05) is 20.8 Å². The van der Waals surface area contributed by atoms with Gasteiger partial charge in [-0.15, -0.1) is 32.9 Å². The van der Waals surface area contributed by atoms with Gasteiger partial charge in [0, 0.05) is 10.3 Å². The Hall–Kier alpha value is -2.04. The fraction of sp³-hybridized carbons (Fsp3) is 0.368. The Morgan fingerprint density at radius 2 is 1.93 bits per heavy atom. The van der Waals surface area contributed by atoms with Crippen LogP contribution in [0.2, 0.25) is 0 Å². The first kappa shape index (κ1) is 21.7. The van der Waals surface area contributed by atoms with E-state index in [-0.39, 0.29) is 18.4 Å². The van der Waals surface area contributed by atoms with Crippen LogP contribution in [0, 0.1) is 19.3 Å². The number of halogens is 1. The van der Waals surface area contributed by atoms with E-state index in [9.17, 15) is 9.59 Å². The van der Waals surface area contributed by atoms with Gasteiger partial charge in [0.25, 0.3) is 11.8 Å². The van der Waals surface area contributed by atoms with Crippen molar-refractivity contribution in [3.63, 3.8) is 0 Å². The lowest BCUT2D eigenvalue weighted by atomic mass is 9.96. The summed E-state index contributed by atoms with van der Waals surface area (Å²) in [5, 5.41) is 11.2. The van der Waals surface area contributed by atoms with Crippen LogP contribution in [0.5, 0.6) is 0 Å². The Bertz CT molecular complexity index is 1060. The molecule has 0 bridgehead atoms. The van der Waals surface area contributed by atoms with Crippen LogP contribution in [0.25, 0.3) is 10.8 Å². The monoisotopic (exact) mass is 497 g/mol. The molecule has 29 heavy (non-hydrogen) atoms. The highest BCUT2D eigenvalue weighted by Gasteiger charge is 2.27. The Kier molecular flexibility index (Phi) is 6.25. The number of carbonyl (C=O) groups excluding carboxylic acids is 2. The first-order chi connectivity index (χ1) is 13.6. The molecule has 154 valence electrons. The Balaban J connectivity index is 1.73. The molecule has 0 aromatic carbocycles. The molecule has 7 nitrogen and oxygen atoms in total. The van der Waals surface area contributed by atoms with Gasteiger partial charge in [-0.3, -0.25) is 4.79 Å². The second-order valence-electron chi connectivity index (χ2n) is 7.37. The third-order valence-corrected chi connectivity index (χ3v) is 6.81. The maximum Gasteiger partial charge on any atom is 0.341 e. The molecule has 0 radical (unpaired) electrons. The van der Waals surface area contributed by atoms with Gasteiger partial charge in [-0.2, -0.15) is 0 Å². The number of aromatic nitrogens is 2. The predicted octanol–water partition coefficient (Wildman–Crippen LogP) is 5.58. The van der Waals surface area contributed by atoms with Gasteiger partial charge in [0.1, 0.15) is 5.00 Å². The quantitative estimate of drug-likeness (QED) is 0.462. The van der Waals surface area contributed by atoms with Crippen LogP contribution in [0.1, 0.15) is 47.5 Å². The molecular weight excluding hydrogens is 478 g/mol. The van der Waals surface area contributed by atoms with Gasteiger partial charge in [0.15, 0.2) is 6.61 Å². The molecule has 0 unspecified atom stereocenters. The number of ether oxygens (including phenoxy) is 1. The van der Waals surface area contributed by atoms with Crippen LogP contribution >= 0.6 is 38.6 Å². The van der Waals surface area contributed by atoms with Crippen molar-refractivity contribution in [2.45, 2.75) is 41.2 Å². The van der Waals surface area contributed by atoms with E-state index in [0.29, 0.717) is 16.5 Å². The molecule has 1 N–H and O–H groups in total. The molecule has 3 aromatic rings. The van der Waals surface area contributed by atoms with Crippen molar-refractivity contribution in [3.8, 4) is 10.8 Å². The van der Waals surface area contributed by atoms with Crippen molar-refractivity contribution < 1.29 is 18.7 Å². The first-order valence-corrected chi connectivity index (χ1v) is 11.2. The van der Waals surface area contributed by atoms with Crippen molar-refractivity contribution in [2.75, 3.05) is 5.32 Å². The minimum Gasteiger partial charge on any atom is -0.452 e. The summed E-state index contributed by atoms with van der Waals surface area (Å²) in [6, 6.07) is 3.75. The lowest BCUT2D eigenvalue weighted by Crippen LogP contribution is -2.28. The van der Waals surface area contributed by atoms with Gasteiger partial charge in [-0.05, 0) is 47.5 Å². The van der Waals surface area contributed by atoms with Crippen LogP contribution in [0.3, 0.4) is 0 Å². The van der Waals surface area contributed by atoms with E-state index in [0.717, 1.165) is 19.1 Å². The summed E-state index contributed by atoms with van der Waals surface area (Å²) in [4.78, 5) is 26.8. The molecule has 10 heteroatoms. The number of hydrogen-bond donors (Lipinski definition) is 1. The summed E-state index contributed by atoms with van der Waals surface area (Å²) in [7, 11) is 0. The minimum atomic E-state index is -0.579. The van der Waals surface area contributed by atoms with Gasteiger partial charge in [0.2, 0.25) is 5.91 Å². The molecule has 0 aliphatic heterocycles. The molecule has 3 rings (SSSR count). The zero-order valence-electron chi connectivity index (χ0n) is 16.6. The Morgan fingerprint density at radius 1 is 1.21 bits per heavy atom. The van der Waals surface area contributed by atoms with Gasteiger partial charge >= 0.3 is 5.97 Å². The molecule has 0 spiro atoms. The van der Waals surface area contributed by atoms with Crippen LogP contribution < -0.4 is 5.32 Å². The zero-order valence-corrected chi connectivity index (χ0v) is 19.8. The summed E-state index contributed by atoms with van der Waals surface area (Å²) >= 11 is 6.20. The molecule has 0 saturated carbocycles. The average molecular weight is 498 g/mol. The number of carbonyl (C=O) groups is 2. The number of aryl methyl sites for hydroxylation is 1. The lowest BCUT2D eigenvalue weighted by Gasteiger charge is -2.17. The van der Waals surface area contributed by atoms with Crippen LogP contribution in [-0.4, -0.2) is 22.1 Å². The molecule has 0 aliphatic carbocycles. The smallest absolute Gasteiger partial charge is 0.341 e. The van der Waals surface area contributed by atoms with E-state index < -0.39 is 11.4 Å². The summed E-state index contributed by atoms with van der Waals surface area (Å²) in [6.45, 7) is 9.01. The van der Waals surface area contributed by atoms with E-state index in [2.05, 4.69) is 31.4 Å². The standard InChI is InChI=1S/C19H20BrN3O4S2/c1-9-10(2)28-16(21-18(25)19(3,4)5)14(9)17(24)26-8-13-22-23-15(27-13)11-6-7-12(20)29-11/h6-7H,8H2,1-5H3,(H,21,25). The number of thiophene rings is 2. The van der Waals surface area contributed by atoms with Crippen molar-refractivity contribution in [1.82, 2.24) is 10.2 Å². The highest BCUT2D eigenvalue weighted by Crippen LogP contribution is 2.34. The zero-order chi connectivity index (χ0) is 21.3. The second-order valence-corrected chi connectivity index (χ2v) is 11.1.